The second kappa shape index (κ2) is 16.5. The first-order valence-electron chi connectivity index (χ1n) is 17.5. The minimum absolute atomic E-state index is 0.222. The third-order valence-electron chi connectivity index (χ3n) is 9.67. The number of hydrogen-bond donors (Lipinski definition) is 2. The Morgan fingerprint density at radius 3 is 2.54 bits per heavy atom. The lowest BCUT2D eigenvalue weighted by molar-refractivity contribution is -0.111. The molecule has 2 saturated heterocycles. The number of likely N-dealkylation sites (N-methyl/N-ethyl adjacent to an activating group) is 2. The summed E-state index contributed by atoms with van der Waals surface area (Å²) < 4.78 is 14.0. The first kappa shape index (κ1) is 35.3. The van der Waals surface area contributed by atoms with Crippen molar-refractivity contribution in [3.8, 4) is 22.8 Å². The standard InChI is InChI=1S/C38H51N9O3/c1-43(2)23-24-50-36-26-35(49-5)32(42-38-39-15-12-31(41-38)30-27-45(4)34-10-7-6-9-29(30)34)25-33(36)40-37(48)11-8-16-46-17-13-28(14-18-46)47-21-19-44(3)20-22-47/h6-12,15,25-28H,13-14,16-24H2,1-5H3,(H,40,48)(H,39,41,42)/b11-8+. The zero-order valence-electron chi connectivity index (χ0n) is 30.1. The number of fused-ring (bicyclic) bond motifs is 1. The van der Waals surface area contributed by atoms with Crippen LogP contribution in [0.15, 0.2) is 67.0 Å². The van der Waals surface area contributed by atoms with Gasteiger partial charge in [-0.05, 0) is 65.3 Å². The van der Waals surface area contributed by atoms with Crippen LogP contribution in [-0.2, 0) is 11.8 Å². The van der Waals surface area contributed by atoms with Crippen molar-refractivity contribution in [3.05, 3.63) is 67.0 Å². The first-order valence-corrected chi connectivity index (χ1v) is 17.5. The fourth-order valence-electron chi connectivity index (χ4n) is 6.76. The second-order valence-electron chi connectivity index (χ2n) is 13.5. The van der Waals surface area contributed by atoms with Gasteiger partial charge in [-0.25, -0.2) is 9.97 Å². The number of aryl methyl sites for hydroxylation is 1. The maximum absolute atomic E-state index is 13.2. The zero-order valence-corrected chi connectivity index (χ0v) is 30.1. The summed E-state index contributed by atoms with van der Waals surface area (Å²) in [5.74, 6) is 1.24. The molecule has 4 heterocycles. The Morgan fingerprint density at radius 2 is 1.78 bits per heavy atom. The molecular weight excluding hydrogens is 630 g/mol. The number of piperidine rings is 1. The zero-order chi connectivity index (χ0) is 35.0. The van der Waals surface area contributed by atoms with Gasteiger partial charge in [-0.3, -0.25) is 14.6 Å². The molecule has 2 N–H and O–H groups in total. The van der Waals surface area contributed by atoms with E-state index < -0.39 is 0 Å². The van der Waals surface area contributed by atoms with Crippen molar-refractivity contribution in [3.63, 3.8) is 0 Å². The van der Waals surface area contributed by atoms with E-state index in [1.807, 2.05) is 56.4 Å². The van der Waals surface area contributed by atoms with E-state index in [0.29, 0.717) is 41.5 Å². The summed E-state index contributed by atoms with van der Waals surface area (Å²) in [6, 6.07) is 14.4. The summed E-state index contributed by atoms with van der Waals surface area (Å²) in [5.41, 5.74) is 4.07. The molecule has 266 valence electrons. The van der Waals surface area contributed by atoms with Gasteiger partial charge in [0.05, 0.1) is 24.2 Å². The molecule has 0 atom stereocenters. The van der Waals surface area contributed by atoms with Crippen LogP contribution in [0.25, 0.3) is 22.2 Å². The number of hydrogen-bond acceptors (Lipinski definition) is 10. The highest BCUT2D eigenvalue weighted by Crippen LogP contribution is 2.38. The Hall–Kier alpha value is -4.49. The number of carbonyl (C=O) groups is 1. The highest BCUT2D eigenvalue weighted by Gasteiger charge is 2.26. The van der Waals surface area contributed by atoms with Gasteiger partial charge in [-0.15, -0.1) is 0 Å². The van der Waals surface area contributed by atoms with Crippen molar-refractivity contribution in [1.29, 1.82) is 0 Å². The molecule has 0 radical (unpaired) electrons. The minimum atomic E-state index is -0.222. The topological polar surface area (TPSA) is 103 Å². The third kappa shape index (κ3) is 8.80. The van der Waals surface area contributed by atoms with Gasteiger partial charge in [-0.2, -0.15) is 0 Å². The monoisotopic (exact) mass is 681 g/mol. The van der Waals surface area contributed by atoms with Crippen LogP contribution in [0.5, 0.6) is 11.5 Å². The number of likely N-dealkylation sites (tertiary alicyclic amines) is 1. The largest absolute Gasteiger partial charge is 0.494 e. The van der Waals surface area contributed by atoms with E-state index in [4.69, 9.17) is 14.5 Å². The van der Waals surface area contributed by atoms with Crippen molar-refractivity contribution >= 4 is 34.1 Å². The molecule has 0 bridgehead atoms. The number of para-hydroxylation sites is 1. The number of ether oxygens (including phenoxy) is 2. The lowest BCUT2D eigenvalue weighted by atomic mass is 10.0. The van der Waals surface area contributed by atoms with Crippen LogP contribution in [-0.4, -0.2) is 133 Å². The molecule has 4 aromatic rings. The molecule has 0 aliphatic carbocycles. The molecule has 2 aromatic heterocycles. The lowest BCUT2D eigenvalue weighted by Gasteiger charge is -2.41. The van der Waals surface area contributed by atoms with Gasteiger partial charge in [0.15, 0.2) is 0 Å². The second-order valence-corrected chi connectivity index (χ2v) is 13.5. The van der Waals surface area contributed by atoms with E-state index in [1.54, 1.807) is 25.4 Å². The van der Waals surface area contributed by atoms with E-state index in [2.05, 4.69) is 60.3 Å². The lowest BCUT2D eigenvalue weighted by Crippen LogP contribution is -2.52. The Balaban J connectivity index is 1.14. The van der Waals surface area contributed by atoms with Crippen molar-refractivity contribution in [2.24, 2.45) is 7.05 Å². The van der Waals surface area contributed by atoms with E-state index in [9.17, 15) is 4.79 Å². The van der Waals surface area contributed by atoms with Gasteiger partial charge in [0.2, 0.25) is 11.9 Å². The molecule has 12 heteroatoms. The van der Waals surface area contributed by atoms with E-state index in [-0.39, 0.29) is 5.91 Å². The summed E-state index contributed by atoms with van der Waals surface area (Å²) in [4.78, 5) is 32.1. The third-order valence-corrected chi connectivity index (χ3v) is 9.67. The van der Waals surface area contributed by atoms with Crippen molar-refractivity contribution in [2.45, 2.75) is 18.9 Å². The van der Waals surface area contributed by atoms with E-state index >= 15 is 0 Å². The average Bonchev–Trinajstić information content (AvgIpc) is 3.46. The van der Waals surface area contributed by atoms with Crippen LogP contribution >= 0.6 is 0 Å². The van der Waals surface area contributed by atoms with Gasteiger partial charge >= 0.3 is 0 Å². The van der Waals surface area contributed by atoms with E-state index in [1.165, 1.54) is 12.8 Å². The molecule has 2 aliphatic heterocycles. The molecule has 2 aromatic carbocycles. The highest BCUT2D eigenvalue weighted by molar-refractivity contribution is 6.01. The summed E-state index contributed by atoms with van der Waals surface area (Å²) in [7, 11) is 9.82. The molecule has 0 saturated carbocycles. The molecular formula is C38H51N9O3. The van der Waals surface area contributed by atoms with Gasteiger partial charge in [0, 0.05) is 93.4 Å². The number of methoxy groups -OCH3 is 1. The first-order chi connectivity index (χ1) is 24.3. The van der Waals surface area contributed by atoms with Gasteiger partial charge in [0.25, 0.3) is 0 Å². The van der Waals surface area contributed by atoms with Crippen molar-refractivity contribution in [1.82, 2.24) is 34.1 Å². The van der Waals surface area contributed by atoms with Gasteiger partial charge in [0.1, 0.15) is 18.1 Å². The fraction of sp³-hybridized carbons (Fsp3) is 0.447. The number of amides is 1. The quantitative estimate of drug-likeness (QED) is 0.196. The average molecular weight is 682 g/mol. The van der Waals surface area contributed by atoms with E-state index in [0.717, 1.165) is 74.5 Å². The number of carbonyl (C=O) groups excluding carboxylic acids is 1. The molecule has 0 spiro atoms. The number of rotatable bonds is 13. The Bertz CT molecular complexity index is 1770. The van der Waals surface area contributed by atoms with Crippen LogP contribution in [0.2, 0.25) is 0 Å². The normalized spacial score (nSPS) is 16.8. The summed E-state index contributed by atoms with van der Waals surface area (Å²) >= 11 is 0. The maximum atomic E-state index is 13.2. The molecule has 12 nitrogen and oxygen atoms in total. The van der Waals surface area contributed by atoms with Crippen LogP contribution in [0.4, 0.5) is 17.3 Å². The fourth-order valence-corrected chi connectivity index (χ4v) is 6.76. The number of nitrogens with zero attached hydrogens (tertiary/aromatic N) is 7. The Labute approximate surface area is 295 Å². The smallest absolute Gasteiger partial charge is 0.248 e. The van der Waals surface area contributed by atoms with Crippen molar-refractivity contribution in [2.75, 3.05) is 97.9 Å². The molecule has 2 fully saturated rings. The maximum Gasteiger partial charge on any atom is 0.248 e. The van der Waals surface area contributed by atoms with Crippen LogP contribution in [0, 0.1) is 0 Å². The number of anilines is 3. The van der Waals surface area contributed by atoms with Crippen molar-refractivity contribution < 1.29 is 14.3 Å². The molecule has 50 heavy (non-hydrogen) atoms. The highest BCUT2D eigenvalue weighted by atomic mass is 16.5. The van der Waals surface area contributed by atoms with Crippen LogP contribution in [0.1, 0.15) is 12.8 Å². The SMILES string of the molecule is COc1cc(OCCN(C)C)c(NC(=O)/C=C/CN2CCC(N3CCN(C)CC3)CC2)cc1Nc1nccc(-c2cn(C)c3ccccc23)n1. The predicted molar refractivity (Wildman–Crippen MR) is 201 cm³/mol. The number of piperazine rings is 1. The Morgan fingerprint density at radius 1 is 1.00 bits per heavy atom. The summed E-state index contributed by atoms with van der Waals surface area (Å²) in [6.45, 7) is 8.63. The number of benzene rings is 2. The van der Waals surface area contributed by atoms with Gasteiger partial charge < -0.3 is 34.5 Å². The van der Waals surface area contributed by atoms with Crippen LogP contribution in [0.3, 0.4) is 0 Å². The number of nitrogens with one attached hydrogen (secondary N) is 2. The van der Waals surface area contributed by atoms with Gasteiger partial charge in [-0.1, -0.05) is 24.3 Å². The van der Waals surface area contributed by atoms with Crippen LogP contribution < -0.4 is 20.1 Å². The Kier molecular flexibility index (Phi) is 11.6. The number of aromatic nitrogens is 3. The summed E-state index contributed by atoms with van der Waals surface area (Å²) in [5, 5.41) is 7.48. The predicted octanol–water partition coefficient (Wildman–Crippen LogP) is 4.53. The molecule has 0 unspecified atom stereocenters. The summed E-state index contributed by atoms with van der Waals surface area (Å²) in [6.07, 6.45) is 9.73. The molecule has 6 rings (SSSR count). The minimum Gasteiger partial charge on any atom is -0.494 e. The molecule has 2 aliphatic rings. The molecule has 1 amide bonds.